The molecule has 2 aromatic rings. The van der Waals surface area contributed by atoms with E-state index in [1.54, 1.807) is 11.3 Å². The second-order valence-electron chi connectivity index (χ2n) is 4.62. The molecule has 0 aliphatic carbocycles. The molecule has 2 heterocycles. The topological polar surface area (TPSA) is 63.8 Å². The molecule has 0 saturated carbocycles. The average molecular weight is 266 g/mol. The van der Waals surface area contributed by atoms with Crippen molar-refractivity contribution < 1.29 is 5.11 Å². The third-order valence-electron chi connectivity index (χ3n) is 2.75. The van der Waals surface area contributed by atoms with Crippen LogP contribution in [0.5, 0.6) is 0 Å². The van der Waals surface area contributed by atoms with Crippen LogP contribution in [-0.4, -0.2) is 24.9 Å². The smallest absolute Gasteiger partial charge is 0.138 e. The fraction of sp³-hybridized carbons (Fsp3) is 0.583. The highest BCUT2D eigenvalue weighted by Gasteiger charge is 2.18. The number of hydrogen-bond donors (Lipinski definition) is 1. The maximum absolute atomic E-state index is 10.3. The van der Waals surface area contributed by atoms with Gasteiger partial charge < -0.3 is 5.11 Å². The summed E-state index contributed by atoms with van der Waals surface area (Å²) >= 11 is 1.54. The Hall–Kier alpha value is -1.27. The van der Waals surface area contributed by atoms with Crippen molar-refractivity contribution in [3.63, 3.8) is 0 Å². The molecule has 1 N–H and O–H groups in total. The van der Waals surface area contributed by atoms with Gasteiger partial charge in [0.15, 0.2) is 0 Å². The van der Waals surface area contributed by atoms with Crippen LogP contribution in [0.25, 0.3) is 0 Å². The minimum absolute atomic E-state index is 0.249. The first-order valence-electron chi connectivity index (χ1n) is 5.99. The molecular formula is C12H18N4OS. The van der Waals surface area contributed by atoms with Crippen LogP contribution in [0.2, 0.25) is 0 Å². The van der Waals surface area contributed by atoms with Gasteiger partial charge in [-0.05, 0) is 27.7 Å². The molecule has 0 aliphatic rings. The van der Waals surface area contributed by atoms with E-state index in [0.29, 0.717) is 6.42 Å². The zero-order chi connectivity index (χ0) is 13.3. The summed E-state index contributed by atoms with van der Waals surface area (Å²) in [7, 11) is 0. The van der Waals surface area contributed by atoms with Crippen LogP contribution >= 0.6 is 11.3 Å². The summed E-state index contributed by atoms with van der Waals surface area (Å²) in [6, 6.07) is 0.249. The Morgan fingerprint density at radius 2 is 2.11 bits per heavy atom. The molecular weight excluding hydrogens is 248 g/mol. The number of hydrogen-bond acceptors (Lipinski definition) is 5. The van der Waals surface area contributed by atoms with Crippen molar-refractivity contribution in [3.8, 4) is 0 Å². The van der Waals surface area contributed by atoms with Crippen LogP contribution in [0.15, 0.2) is 6.33 Å². The van der Waals surface area contributed by atoms with Crippen LogP contribution in [0.1, 0.15) is 47.4 Å². The molecule has 5 nitrogen and oxygen atoms in total. The molecule has 1 unspecified atom stereocenters. The molecule has 0 aromatic carbocycles. The summed E-state index contributed by atoms with van der Waals surface area (Å²) < 4.78 is 1.84. The number of rotatable bonds is 4. The lowest BCUT2D eigenvalue weighted by atomic mass is 10.2. The maximum atomic E-state index is 10.3. The standard InChI is InChI=1S/C12H18N4OS/c1-7(2)16-11(13-6-14-16)5-10(17)12-8(3)15-9(4)18-12/h6-7,10,17H,5H2,1-4H3. The fourth-order valence-electron chi connectivity index (χ4n) is 1.97. The van der Waals surface area contributed by atoms with E-state index in [1.165, 1.54) is 6.33 Å². The first kappa shape index (κ1) is 13.2. The summed E-state index contributed by atoms with van der Waals surface area (Å²) in [5, 5.41) is 15.4. The van der Waals surface area contributed by atoms with Crippen molar-refractivity contribution in [2.24, 2.45) is 0 Å². The summed E-state index contributed by atoms with van der Waals surface area (Å²) in [4.78, 5) is 9.47. The summed E-state index contributed by atoms with van der Waals surface area (Å²) in [6.45, 7) is 7.97. The molecule has 98 valence electrons. The maximum Gasteiger partial charge on any atom is 0.138 e. The minimum atomic E-state index is -0.558. The zero-order valence-corrected chi connectivity index (χ0v) is 11.9. The molecule has 1 atom stereocenters. The summed E-state index contributed by atoms with van der Waals surface area (Å²) in [6.07, 6.45) is 1.45. The molecule has 0 radical (unpaired) electrons. The van der Waals surface area contributed by atoms with E-state index >= 15 is 0 Å². The normalized spacial score (nSPS) is 13.2. The number of aromatic nitrogens is 4. The molecule has 2 rings (SSSR count). The van der Waals surface area contributed by atoms with Gasteiger partial charge in [-0.2, -0.15) is 5.10 Å². The van der Waals surface area contributed by atoms with Gasteiger partial charge in [0.1, 0.15) is 12.2 Å². The molecule has 0 fully saturated rings. The Bertz CT molecular complexity index is 532. The van der Waals surface area contributed by atoms with Crippen molar-refractivity contribution in [1.29, 1.82) is 0 Å². The third kappa shape index (κ3) is 2.59. The predicted octanol–water partition coefficient (Wildman–Crippen LogP) is 2.21. The molecule has 0 spiro atoms. The lowest BCUT2D eigenvalue weighted by molar-refractivity contribution is 0.176. The van der Waals surface area contributed by atoms with Gasteiger partial charge in [0.2, 0.25) is 0 Å². The van der Waals surface area contributed by atoms with Gasteiger partial charge in [0.05, 0.1) is 21.7 Å². The Labute approximate surface area is 111 Å². The van der Waals surface area contributed by atoms with Crippen LogP contribution in [0.3, 0.4) is 0 Å². The number of aryl methyl sites for hydroxylation is 2. The molecule has 0 amide bonds. The lowest BCUT2D eigenvalue weighted by Gasteiger charge is -2.12. The SMILES string of the molecule is Cc1nc(C)c(C(O)Cc2ncnn2C(C)C)s1. The Morgan fingerprint density at radius 1 is 1.39 bits per heavy atom. The molecule has 6 heteroatoms. The number of nitrogens with zero attached hydrogens (tertiary/aromatic N) is 4. The highest BCUT2D eigenvalue weighted by molar-refractivity contribution is 7.11. The van der Waals surface area contributed by atoms with Crippen molar-refractivity contribution >= 4 is 11.3 Å². The van der Waals surface area contributed by atoms with Crippen molar-refractivity contribution in [3.05, 3.63) is 27.7 Å². The minimum Gasteiger partial charge on any atom is -0.387 e. The monoisotopic (exact) mass is 266 g/mol. The Balaban J connectivity index is 2.18. The van der Waals surface area contributed by atoms with Gasteiger partial charge in [0, 0.05) is 12.5 Å². The van der Waals surface area contributed by atoms with Gasteiger partial charge in [0.25, 0.3) is 0 Å². The predicted molar refractivity (Wildman–Crippen MR) is 70.7 cm³/mol. The second kappa shape index (κ2) is 5.16. The van der Waals surface area contributed by atoms with Crippen LogP contribution in [0.4, 0.5) is 0 Å². The van der Waals surface area contributed by atoms with Crippen LogP contribution < -0.4 is 0 Å². The van der Waals surface area contributed by atoms with E-state index in [4.69, 9.17) is 0 Å². The van der Waals surface area contributed by atoms with E-state index in [-0.39, 0.29) is 6.04 Å². The molecule has 0 aliphatic heterocycles. The lowest BCUT2D eigenvalue weighted by Crippen LogP contribution is -2.12. The number of thiazole rings is 1. The van der Waals surface area contributed by atoms with Crippen molar-refractivity contribution in [2.75, 3.05) is 0 Å². The quantitative estimate of drug-likeness (QED) is 0.921. The fourth-order valence-corrected chi connectivity index (χ4v) is 2.89. The van der Waals surface area contributed by atoms with Crippen LogP contribution in [-0.2, 0) is 6.42 Å². The van der Waals surface area contributed by atoms with Gasteiger partial charge in [-0.3, -0.25) is 0 Å². The second-order valence-corrected chi connectivity index (χ2v) is 5.85. The summed E-state index contributed by atoms with van der Waals surface area (Å²) in [5.41, 5.74) is 0.903. The first-order valence-corrected chi connectivity index (χ1v) is 6.81. The van der Waals surface area contributed by atoms with Crippen LogP contribution in [0, 0.1) is 13.8 Å². The van der Waals surface area contributed by atoms with Gasteiger partial charge in [-0.15, -0.1) is 11.3 Å². The average Bonchev–Trinajstić information content (AvgIpc) is 2.85. The van der Waals surface area contributed by atoms with Crippen molar-refractivity contribution in [1.82, 2.24) is 19.7 Å². The van der Waals surface area contributed by atoms with E-state index in [9.17, 15) is 5.11 Å². The van der Waals surface area contributed by atoms with E-state index in [1.807, 2.05) is 32.4 Å². The number of aliphatic hydroxyl groups excluding tert-OH is 1. The molecule has 0 bridgehead atoms. The van der Waals surface area contributed by atoms with Crippen molar-refractivity contribution in [2.45, 2.75) is 46.3 Å². The highest BCUT2D eigenvalue weighted by atomic mass is 32.1. The van der Waals surface area contributed by atoms with Gasteiger partial charge in [-0.1, -0.05) is 0 Å². The molecule has 18 heavy (non-hydrogen) atoms. The largest absolute Gasteiger partial charge is 0.387 e. The highest BCUT2D eigenvalue weighted by Crippen LogP contribution is 2.27. The van der Waals surface area contributed by atoms with E-state index in [0.717, 1.165) is 21.4 Å². The van der Waals surface area contributed by atoms with E-state index < -0.39 is 6.10 Å². The molecule has 2 aromatic heterocycles. The number of aliphatic hydroxyl groups is 1. The Kier molecular flexibility index (Phi) is 3.77. The van der Waals surface area contributed by atoms with E-state index in [2.05, 4.69) is 15.1 Å². The molecule has 0 saturated heterocycles. The van der Waals surface area contributed by atoms with Gasteiger partial charge >= 0.3 is 0 Å². The van der Waals surface area contributed by atoms with Gasteiger partial charge in [-0.25, -0.2) is 14.6 Å². The summed E-state index contributed by atoms with van der Waals surface area (Å²) in [5.74, 6) is 0.808. The Morgan fingerprint density at radius 3 is 2.67 bits per heavy atom. The first-order chi connectivity index (χ1) is 8.49. The zero-order valence-electron chi connectivity index (χ0n) is 11.1. The third-order valence-corrected chi connectivity index (χ3v) is 3.93.